The van der Waals surface area contributed by atoms with Gasteiger partial charge in [0.25, 0.3) is 5.56 Å². The van der Waals surface area contributed by atoms with E-state index in [0.29, 0.717) is 10.6 Å². The topological polar surface area (TPSA) is 92.9 Å². The van der Waals surface area contributed by atoms with Crippen LogP contribution in [0, 0.1) is 0 Å². The van der Waals surface area contributed by atoms with E-state index in [1.165, 1.54) is 11.6 Å². The molecular weight excluding hydrogens is 268 g/mol. The van der Waals surface area contributed by atoms with Crippen molar-refractivity contribution in [2.24, 2.45) is 7.05 Å². The molecular formula is C12H13ClN4O2. The number of aromatic nitrogens is 2. The summed E-state index contributed by atoms with van der Waals surface area (Å²) in [6, 6.07) is 7.04. The summed E-state index contributed by atoms with van der Waals surface area (Å²) in [5.74, 6) is 0.148. The number of nitrogens with one attached hydrogen (secondary N) is 2. The number of aromatic amines is 1. The van der Waals surface area contributed by atoms with Gasteiger partial charge >= 0.3 is 5.69 Å². The number of nitrogens with two attached hydrogens (primary N) is 1. The molecule has 0 saturated heterocycles. The fourth-order valence-electron chi connectivity index (χ4n) is 1.61. The Kier molecular flexibility index (Phi) is 3.62. The Morgan fingerprint density at radius 2 is 1.95 bits per heavy atom. The quantitative estimate of drug-likeness (QED) is 0.779. The predicted molar refractivity (Wildman–Crippen MR) is 75.5 cm³/mol. The van der Waals surface area contributed by atoms with Gasteiger partial charge in [0.15, 0.2) is 0 Å². The lowest BCUT2D eigenvalue weighted by Gasteiger charge is -2.10. The highest BCUT2D eigenvalue weighted by atomic mass is 35.5. The van der Waals surface area contributed by atoms with Crippen LogP contribution in [0.5, 0.6) is 0 Å². The Labute approximate surface area is 113 Å². The van der Waals surface area contributed by atoms with Crippen LogP contribution in [0.2, 0.25) is 5.02 Å². The van der Waals surface area contributed by atoms with Crippen LogP contribution >= 0.6 is 11.6 Å². The Bertz CT molecular complexity index is 703. The molecule has 100 valence electrons. The molecule has 0 amide bonds. The van der Waals surface area contributed by atoms with E-state index in [0.717, 1.165) is 5.69 Å². The normalized spacial score (nSPS) is 10.4. The van der Waals surface area contributed by atoms with Gasteiger partial charge in [-0.3, -0.25) is 14.3 Å². The van der Waals surface area contributed by atoms with Crippen LogP contribution in [0.25, 0.3) is 0 Å². The fourth-order valence-corrected chi connectivity index (χ4v) is 1.74. The Hall–Kier alpha value is -2.21. The lowest BCUT2D eigenvalue weighted by Crippen LogP contribution is -2.33. The zero-order valence-electron chi connectivity index (χ0n) is 10.2. The van der Waals surface area contributed by atoms with Crippen LogP contribution in [-0.4, -0.2) is 9.55 Å². The maximum atomic E-state index is 11.7. The number of H-pyrrole nitrogens is 1. The van der Waals surface area contributed by atoms with E-state index in [-0.39, 0.29) is 12.4 Å². The first-order valence-electron chi connectivity index (χ1n) is 5.56. The second-order valence-corrected chi connectivity index (χ2v) is 4.48. The van der Waals surface area contributed by atoms with Gasteiger partial charge in [-0.2, -0.15) is 0 Å². The first kappa shape index (κ1) is 13.2. The van der Waals surface area contributed by atoms with Gasteiger partial charge in [-0.05, 0) is 24.3 Å². The minimum Gasteiger partial charge on any atom is -0.385 e. The van der Waals surface area contributed by atoms with Crippen molar-refractivity contribution in [3.63, 3.8) is 0 Å². The molecule has 7 heteroatoms. The van der Waals surface area contributed by atoms with E-state index >= 15 is 0 Å². The monoisotopic (exact) mass is 280 g/mol. The Morgan fingerprint density at radius 1 is 1.32 bits per heavy atom. The van der Waals surface area contributed by atoms with Gasteiger partial charge in [-0.25, -0.2) is 4.79 Å². The zero-order chi connectivity index (χ0) is 14.0. The van der Waals surface area contributed by atoms with E-state index < -0.39 is 11.2 Å². The predicted octanol–water partition coefficient (Wildman–Crippen LogP) is 0.921. The SMILES string of the molecule is Cn1c(N)c(CNc2ccc(Cl)cc2)c(=O)[nH]c1=O. The standard InChI is InChI=1S/C12H13ClN4O2/c1-17-10(14)9(11(18)16-12(17)19)6-15-8-4-2-7(13)3-5-8/h2-5,15H,6,14H2,1H3,(H,16,18,19). The second kappa shape index (κ2) is 5.19. The summed E-state index contributed by atoms with van der Waals surface area (Å²) < 4.78 is 1.19. The number of hydrogen-bond acceptors (Lipinski definition) is 4. The highest BCUT2D eigenvalue weighted by Crippen LogP contribution is 2.14. The van der Waals surface area contributed by atoms with Crippen molar-refractivity contribution in [3.8, 4) is 0 Å². The fraction of sp³-hybridized carbons (Fsp3) is 0.167. The van der Waals surface area contributed by atoms with Crippen LogP contribution in [0.3, 0.4) is 0 Å². The minimum absolute atomic E-state index is 0.148. The Morgan fingerprint density at radius 3 is 2.58 bits per heavy atom. The number of halogens is 1. The molecule has 0 saturated carbocycles. The van der Waals surface area contributed by atoms with Crippen LogP contribution in [0.1, 0.15) is 5.56 Å². The number of anilines is 2. The average molecular weight is 281 g/mol. The molecule has 2 rings (SSSR count). The third kappa shape index (κ3) is 2.79. The lowest BCUT2D eigenvalue weighted by molar-refractivity contribution is 0.794. The van der Waals surface area contributed by atoms with Gasteiger partial charge in [0.2, 0.25) is 0 Å². The van der Waals surface area contributed by atoms with Gasteiger partial charge in [0.1, 0.15) is 5.82 Å². The summed E-state index contributed by atoms with van der Waals surface area (Å²) in [6.07, 6.45) is 0. The van der Waals surface area contributed by atoms with Gasteiger partial charge in [0, 0.05) is 24.3 Å². The lowest BCUT2D eigenvalue weighted by atomic mass is 10.2. The molecule has 0 spiro atoms. The first-order valence-corrected chi connectivity index (χ1v) is 5.94. The van der Waals surface area contributed by atoms with Gasteiger partial charge in [-0.1, -0.05) is 11.6 Å². The molecule has 0 atom stereocenters. The molecule has 19 heavy (non-hydrogen) atoms. The molecule has 0 aliphatic rings. The number of nitrogen functional groups attached to an aromatic ring is 1. The summed E-state index contributed by atoms with van der Waals surface area (Å²) in [7, 11) is 1.50. The smallest absolute Gasteiger partial charge is 0.329 e. The van der Waals surface area contributed by atoms with E-state index in [1.807, 2.05) is 0 Å². The van der Waals surface area contributed by atoms with Crippen LogP contribution in [0.4, 0.5) is 11.5 Å². The van der Waals surface area contributed by atoms with E-state index in [2.05, 4.69) is 10.3 Å². The average Bonchev–Trinajstić information content (AvgIpc) is 2.38. The van der Waals surface area contributed by atoms with Crippen LogP contribution < -0.4 is 22.3 Å². The molecule has 0 fully saturated rings. The van der Waals surface area contributed by atoms with Crippen molar-refractivity contribution in [1.29, 1.82) is 0 Å². The summed E-state index contributed by atoms with van der Waals surface area (Å²) >= 11 is 5.78. The van der Waals surface area contributed by atoms with Gasteiger partial charge < -0.3 is 11.1 Å². The number of hydrogen-bond donors (Lipinski definition) is 3. The molecule has 4 N–H and O–H groups in total. The minimum atomic E-state index is -0.530. The highest BCUT2D eigenvalue weighted by molar-refractivity contribution is 6.30. The van der Waals surface area contributed by atoms with Crippen LogP contribution in [0.15, 0.2) is 33.9 Å². The second-order valence-electron chi connectivity index (χ2n) is 4.04. The number of nitrogens with zero attached hydrogens (tertiary/aromatic N) is 1. The maximum Gasteiger partial charge on any atom is 0.329 e. The van der Waals surface area contributed by atoms with Gasteiger partial charge in [0.05, 0.1) is 5.56 Å². The summed E-state index contributed by atoms with van der Waals surface area (Å²) in [6.45, 7) is 0.219. The largest absolute Gasteiger partial charge is 0.385 e. The Balaban J connectivity index is 2.25. The molecule has 6 nitrogen and oxygen atoms in total. The molecule has 0 aliphatic heterocycles. The summed E-state index contributed by atoms with van der Waals surface area (Å²) in [5, 5.41) is 3.67. The van der Waals surface area contributed by atoms with Crippen LogP contribution in [-0.2, 0) is 13.6 Å². The molecule has 1 heterocycles. The number of benzene rings is 1. The van der Waals surface area contributed by atoms with Crippen molar-refractivity contribution >= 4 is 23.1 Å². The molecule has 0 bridgehead atoms. The van der Waals surface area contributed by atoms with E-state index in [9.17, 15) is 9.59 Å². The first-order chi connectivity index (χ1) is 8.99. The third-order valence-electron chi connectivity index (χ3n) is 2.78. The molecule has 1 aromatic heterocycles. The van der Waals surface area contributed by atoms with Gasteiger partial charge in [-0.15, -0.1) is 0 Å². The third-order valence-corrected chi connectivity index (χ3v) is 3.04. The maximum absolute atomic E-state index is 11.7. The van der Waals surface area contributed by atoms with E-state index in [4.69, 9.17) is 17.3 Å². The molecule has 1 aromatic carbocycles. The van der Waals surface area contributed by atoms with Crippen molar-refractivity contribution in [3.05, 3.63) is 55.7 Å². The van der Waals surface area contributed by atoms with Crippen molar-refractivity contribution in [1.82, 2.24) is 9.55 Å². The highest BCUT2D eigenvalue weighted by Gasteiger charge is 2.09. The molecule has 0 unspecified atom stereocenters. The number of rotatable bonds is 3. The van der Waals surface area contributed by atoms with E-state index in [1.54, 1.807) is 24.3 Å². The van der Waals surface area contributed by atoms with Crippen molar-refractivity contribution < 1.29 is 0 Å². The van der Waals surface area contributed by atoms with Crippen molar-refractivity contribution in [2.45, 2.75) is 6.54 Å². The van der Waals surface area contributed by atoms with Crippen molar-refractivity contribution in [2.75, 3.05) is 11.1 Å². The summed E-state index contributed by atoms with van der Waals surface area (Å²) in [4.78, 5) is 25.2. The molecule has 2 aromatic rings. The zero-order valence-corrected chi connectivity index (χ0v) is 11.0. The summed E-state index contributed by atoms with van der Waals surface area (Å²) in [5.41, 5.74) is 5.86. The molecule has 0 radical (unpaired) electrons. The molecule has 0 aliphatic carbocycles.